The van der Waals surface area contributed by atoms with Gasteiger partial charge in [-0.25, -0.2) is 4.79 Å². The molecule has 0 unspecified atom stereocenters. The van der Waals surface area contributed by atoms with E-state index in [4.69, 9.17) is 5.11 Å². The van der Waals surface area contributed by atoms with Crippen LogP contribution in [-0.2, 0) is 4.79 Å². The second-order valence-electron chi connectivity index (χ2n) is 4.84. The first-order valence-electron chi connectivity index (χ1n) is 5.23. The third kappa shape index (κ3) is 3.53. The summed E-state index contributed by atoms with van der Waals surface area (Å²) in [4.78, 5) is 23.4. The van der Waals surface area contributed by atoms with Crippen LogP contribution >= 0.6 is 0 Å². The Labute approximate surface area is 91.3 Å². The zero-order valence-corrected chi connectivity index (χ0v) is 10.2. The molecule has 0 aliphatic carbocycles. The molecule has 0 saturated carbocycles. The van der Waals surface area contributed by atoms with Crippen molar-refractivity contribution in [3.05, 3.63) is 0 Å². The highest BCUT2D eigenvalue weighted by atomic mass is 16.4. The molecule has 0 rings (SSSR count). The van der Waals surface area contributed by atoms with Gasteiger partial charge in [0, 0.05) is 5.54 Å². The smallest absolute Gasteiger partial charge is 0.408 e. The van der Waals surface area contributed by atoms with E-state index in [0.717, 1.165) is 12.7 Å². The Morgan fingerprint density at radius 1 is 1.47 bits per heavy atom. The lowest BCUT2D eigenvalue weighted by Gasteiger charge is -2.39. The van der Waals surface area contributed by atoms with Crippen LogP contribution in [0, 0.1) is 5.92 Å². The normalized spacial score (nSPS) is 15.5. The fraction of sp³-hybridized carbons (Fsp3) is 0.818. The molecule has 1 N–H and O–H groups in total. The monoisotopic (exact) mass is 215 g/mol. The minimum Gasteiger partial charge on any atom is -0.465 e. The molecule has 0 spiro atoms. The Bertz CT molecular complexity index is 232. The first kappa shape index (κ1) is 13.9. The Balaban J connectivity index is 5.04. The van der Waals surface area contributed by atoms with E-state index >= 15 is 0 Å². The minimum absolute atomic E-state index is 0.0397. The summed E-state index contributed by atoms with van der Waals surface area (Å²) in [7, 11) is 0. The molecule has 0 fully saturated rings. The van der Waals surface area contributed by atoms with Crippen LogP contribution in [0.15, 0.2) is 0 Å². The molecule has 4 heteroatoms. The Morgan fingerprint density at radius 3 is 2.13 bits per heavy atom. The highest BCUT2D eigenvalue weighted by Gasteiger charge is 2.35. The largest absolute Gasteiger partial charge is 0.465 e. The van der Waals surface area contributed by atoms with Crippen LogP contribution in [0.5, 0.6) is 0 Å². The third-order valence-electron chi connectivity index (χ3n) is 2.59. The lowest BCUT2D eigenvalue weighted by Crippen LogP contribution is -2.54. The quantitative estimate of drug-likeness (QED) is 0.732. The van der Waals surface area contributed by atoms with Crippen molar-refractivity contribution < 1.29 is 14.7 Å². The lowest BCUT2D eigenvalue weighted by atomic mass is 9.94. The van der Waals surface area contributed by atoms with Crippen LogP contribution in [0.1, 0.15) is 41.0 Å². The van der Waals surface area contributed by atoms with Gasteiger partial charge in [0.15, 0.2) is 0 Å². The van der Waals surface area contributed by atoms with Crippen LogP contribution in [0.2, 0.25) is 0 Å². The number of hydrogen-bond acceptors (Lipinski definition) is 2. The van der Waals surface area contributed by atoms with Crippen molar-refractivity contribution in [3.63, 3.8) is 0 Å². The summed E-state index contributed by atoms with van der Waals surface area (Å²) in [5.41, 5.74) is -0.555. The second kappa shape index (κ2) is 5.14. The summed E-state index contributed by atoms with van der Waals surface area (Å²) in [6, 6.07) is -0.563. The molecule has 88 valence electrons. The van der Waals surface area contributed by atoms with Gasteiger partial charge in [-0.1, -0.05) is 20.3 Å². The predicted molar refractivity (Wildman–Crippen MR) is 58.9 cm³/mol. The van der Waals surface area contributed by atoms with Crippen LogP contribution in [0.3, 0.4) is 0 Å². The van der Waals surface area contributed by atoms with E-state index in [0.29, 0.717) is 0 Å². The summed E-state index contributed by atoms with van der Waals surface area (Å²) in [5.74, 6) is 0.0397. The molecular weight excluding hydrogens is 194 g/mol. The summed E-state index contributed by atoms with van der Waals surface area (Å²) in [6.45, 7) is 9.21. The van der Waals surface area contributed by atoms with E-state index in [9.17, 15) is 9.59 Å². The lowest BCUT2D eigenvalue weighted by molar-refractivity contribution is -0.115. The average Bonchev–Trinajstić information content (AvgIpc) is 2.09. The molecule has 0 aromatic rings. The highest BCUT2D eigenvalue weighted by Crippen LogP contribution is 2.22. The van der Waals surface area contributed by atoms with E-state index in [2.05, 4.69) is 0 Å². The molecule has 4 nitrogen and oxygen atoms in total. The van der Waals surface area contributed by atoms with Gasteiger partial charge in [-0.15, -0.1) is 0 Å². The molecule has 0 aromatic carbocycles. The molecule has 0 aliphatic rings. The molecule has 0 aromatic heterocycles. The molecular formula is C11H21NO3. The number of carbonyl (C=O) groups is 2. The van der Waals surface area contributed by atoms with E-state index in [1.807, 2.05) is 13.8 Å². The SMILES string of the molecule is CC[C@H](C)[C@@H](C=O)N(C(=O)O)C(C)(C)C. The minimum atomic E-state index is -1.04. The van der Waals surface area contributed by atoms with Crippen molar-refractivity contribution in [2.75, 3.05) is 0 Å². The number of carbonyl (C=O) groups excluding carboxylic acids is 1. The predicted octanol–water partition coefficient (Wildman–Crippen LogP) is 2.38. The fourth-order valence-electron chi connectivity index (χ4n) is 1.55. The number of hydrogen-bond donors (Lipinski definition) is 1. The van der Waals surface area contributed by atoms with Crippen molar-refractivity contribution in [1.29, 1.82) is 0 Å². The van der Waals surface area contributed by atoms with Gasteiger partial charge in [0.2, 0.25) is 0 Å². The highest BCUT2D eigenvalue weighted by molar-refractivity contribution is 5.72. The number of aldehydes is 1. The van der Waals surface area contributed by atoms with E-state index < -0.39 is 17.7 Å². The maximum absolute atomic E-state index is 11.1. The van der Waals surface area contributed by atoms with Crippen molar-refractivity contribution in [2.45, 2.75) is 52.6 Å². The van der Waals surface area contributed by atoms with Crippen LogP contribution < -0.4 is 0 Å². The third-order valence-corrected chi connectivity index (χ3v) is 2.59. The molecule has 0 radical (unpaired) electrons. The fourth-order valence-corrected chi connectivity index (χ4v) is 1.55. The molecule has 2 atom stereocenters. The number of nitrogens with zero attached hydrogens (tertiary/aromatic N) is 1. The van der Waals surface area contributed by atoms with Gasteiger partial charge in [0.1, 0.15) is 6.29 Å². The summed E-state index contributed by atoms with van der Waals surface area (Å²) in [5, 5.41) is 9.12. The van der Waals surface area contributed by atoms with Gasteiger partial charge < -0.3 is 9.90 Å². The van der Waals surface area contributed by atoms with Gasteiger partial charge >= 0.3 is 6.09 Å². The number of amides is 1. The van der Waals surface area contributed by atoms with E-state index in [1.165, 1.54) is 4.90 Å². The topological polar surface area (TPSA) is 57.6 Å². The van der Waals surface area contributed by atoms with Crippen molar-refractivity contribution in [1.82, 2.24) is 4.90 Å². The molecule has 15 heavy (non-hydrogen) atoms. The van der Waals surface area contributed by atoms with Crippen molar-refractivity contribution >= 4 is 12.4 Å². The van der Waals surface area contributed by atoms with Gasteiger partial charge in [0.25, 0.3) is 0 Å². The summed E-state index contributed by atoms with van der Waals surface area (Å²) >= 11 is 0. The Morgan fingerprint density at radius 2 is 1.93 bits per heavy atom. The zero-order chi connectivity index (χ0) is 12.2. The number of rotatable bonds is 4. The first-order chi connectivity index (χ1) is 6.75. The van der Waals surface area contributed by atoms with Gasteiger partial charge in [-0.2, -0.15) is 0 Å². The Kier molecular flexibility index (Phi) is 4.78. The van der Waals surface area contributed by atoms with E-state index in [-0.39, 0.29) is 5.92 Å². The molecule has 0 heterocycles. The molecule has 0 bridgehead atoms. The number of carboxylic acid groups (broad SMARTS) is 1. The van der Waals surface area contributed by atoms with Crippen LogP contribution in [0.25, 0.3) is 0 Å². The molecule has 1 amide bonds. The van der Waals surface area contributed by atoms with Gasteiger partial charge in [-0.3, -0.25) is 4.90 Å². The average molecular weight is 215 g/mol. The maximum atomic E-state index is 11.1. The Hall–Kier alpha value is -1.06. The summed E-state index contributed by atoms with van der Waals surface area (Å²) in [6.07, 6.45) is 0.469. The van der Waals surface area contributed by atoms with Crippen LogP contribution in [-0.4, -0.2) is 34.0 Å². The summed E-state index contributed by atoms with van der Waals surface area (Å²) < 4.78 is 0. The second-order valence-corrected chi connectivity index (χ2v) is 4.84. The molecule has 0 aliphatic heterocycles. The maximum Gasteiger partial charge on any atom is 0.408 e. The van der Waals surface area contributed by atoms with Crippen LogP contribution in [0.4, 0.5) is 4.79 Å². The first-order valence-corrected chi connectivity index (χ1v) is 5.23. The van der Waals surface area contributed by atoms with E-state index in [1.54, 1.807) is 20.8 Å². The van der Waals surface area contributed by atoms with Crippen molar-refractivity contribution in [3.8, 4) is 0 Å². The molecule has 0 saturated heterocycles. The zero-order valence-electron chi connectivity index (χ0n) is 10.2. The standard InChI is InChI=1S/C11H21NO3/c1-6-8(2)9(7-13)12(10(14)15)11(3,4)5/h7-9H,6H2,1-5H3,(H,14,15)/t8-,9+/m0/s1. The van der Waals surface area contributed by atoms with Gasteiger partial charge in [0.05, 0.1) is 6.04 Å². The van der Waals surface area contributed by atoms with Crippen molar-refractivity contribution in [2.24, 2.45) is 5.92 Å². The van der Waals surface area contributed by atoms with Gasteiger partial charge in [-0.05, 0) is 26.7 Å².